The second kappa shape index (κ2) is 5.15. The highest BCUT2D eigenvalue weighted by Crippen LogP contribution is 2.17. The average Bonchev–Trinajstić information content (AvgIpc) is 2.39. The monoisotopic (exact) mass is 238 g/mol. The zero-order valence-electron chi connectivity index (χ0n) is 10.1. The van der Waals surface area contributed by atoms with E-state index in [4.69, 9.17) is 16.2 Å². The maximum Gasteiger partial charge on any atom is 0.118 e. The first-order chi connectivity index (χ1) is 8.70. The third kappa shape index (κ3) is 2.55. The second-order valence-corrected chi connectivity index (χ2v) is 3.79. The van der Waals surface area contributed by atoms with Gasteiger partial charge in [-0.15, -0.1) is 0 Å². The molecule has 0 saturated carbocycles. The van der Waals surface area contributed by atoms with E-state index in [2.05, 4.69) is 11.8 Å². The summed E-state index contributed by atoms with van der Waals surface area (Å²) in [6, 6.07) is 12.9. The number of nitrogens with two attached hydrogens (primary N) is 2. The minimum absolute atomic E-state index is 0.594. The van der Waals surface area contributed by atoms with Crippen molar-refractivity contribution in [3.8, 4) is 17.6 Å². The van der Waals surface area contributed by atoms with E-state index in [1.807, 2.05) is 30.3 Å². The summed E-state index contributed by atoms with van der Waals surface area (Å²) in [6.45, 7) is 0. The summed E-state index contributed by atoms with van der Waals surface area (Å²) in [7, 11) is 1.63. The minimum Gasteiger partial charge on any atom is -0.497 e. The molecule has 0 heterocycles. The molecule has 0 saturated heterocycles. The smallest absolute Gasteiger partial charge is 0.118 e. The van der Waals surface area contributed by atoms with Crippen LogP contribution in [-0.4, -0.2) is 7.11 Å². The van der Waals surface area contributed by atoms with Crippen molar-refractivity contribution in [3.63, 3.8) is 0 Å². The lowest BCUT2D eigenvalue weighted by atomic mass is 10.1. The fourth-order valence-electron chi connectivity index (χ4n) is 1.54. The lowest BCUT2D eigenvalue weighted by Crippen LogP contribution is -1.96. The largest absolute Gasteiger partial charge is 0.497 e. The predicted octanol–water partition coefficient (Wildman–Crippen LogP) is 2.26. The summed E-state index contributed by atoms with van der Waals surface area (Å²) in [6.07, 6.45) is 0. The molecule has 3 heteroatoms. The van der Waals surface area contributed by atoms with Crippen molar-refractivity contribution in [2.45, 2.75) is 0 Å². The van der Waals surface area contributed by atoms with Crippen molar-refractivity contribution in [2.24, 2.45) is 0 Å². The molecule has 0 radical (unpaired) electrons. The van der Waals surface area contributed by atoms with Crippen molar-refractivity contribution < 1.29 is 4.74 Å². The third-order valence-corrected chi connectivity index (χ3v) is 2.55. The molecule has 0 spiro atoms. The number of ether oxygens (including phenoxy) is 1. The van der Waals surface area contributed by atoms with Crippen LogP contribution in [0.15, 0.2) is 42.5 Å². The van der Waals surface area contributed by atoms with E-state index in [-0.39, 0.29) is 0 Å². The molecular weight excluding hydrogens is 224 g/mol. The first-order valence-corrected chi connectivity index (χ1v) is 5.51. The topological polar surface area (TPSA) is 61.3 Å². The van der Waals surface area contributed by atoms with E-state index in [1.54, 1.807) is 19.2 Å². The van der Waals surface area contributed by atoms with Crippen LogP contribution in [-0.2, 0) is 0 Å². The Hall–Kier alpha value is -2.60. The van der Waals surface area contributed by atoms with E-state index in [0.717, 1.165) is 11.3 Å². The molecule has 0 aromatic heterocycles. The summed E-state index contributed by atoms with van der Waals surface area (Å²) in [5, 5.41) is 0. The van der Waals surface area contributed by atoms with Crippen LogP contribution in [0.25, 0.3) is 0 Å². The van der Waals surface area contributed by atoms with Gasteiger partial charge in [-0.25, -0.2) is 0 Å². The molecule has 2 rings (SSSR count). The molecule has 2 aromatic rings. The van der Waals surface area contributed by atoms with Crippen molar-refractivity contribution in [2.75, 3.05) is 18.6 Å². The standard InChI is InChI=1S/C15H14N2O/c1-18-12-8-5-11(6-9-12)7-10-13-14(16)3-2-4-15(13)17/h2-6,8-9H,16-17H2,1H3. The van der Waals surface area contributed by atoms with Crippen LogP contribution in [0.4, 0.5) is 11.4 Å². The third-order valence-electron chi connectivity index (χ3n) is 2.55. The second-order valence-electron chi connectivity index (χ2n) is 3.79. The molecule has 0 aliphatic carbocycles. The Balaban J connectivity index is 2.31. The molecule has 0 fully saturated rings. The molecule has 4 N–H and O–H groups in total. The van der Waals surface area contributed by atoms with Crippen LogP contribution >= 0.6 is 0 Å². The average molecular weight is 238 g/mol. The van der Waals surface area contributed by atoms with Gasteiger partial charge in [0.2, 0.25) is 0 Å². The molecule has 0 aliphatic heterocycles. The molecule has 0 bridgehead atoms. The van der Waals surface area contributed by atoms with Gasteiger partial charge < -0.3 is 16.2 Å². The number of anilines is 2. The van der Waals surface area contributed by atoms with Gasteiger partial charge in [0.1, 0.15) is 5.75 Å². The van der Waals surface area contributed by atoms with E-state index < -0.39 is 0 Å². The van der Waals surface area contributed by atoms with Gasteiger partial charge >= 0.3 is 0 Å². The zero-order chi connectivity index (χ0) is 13.0. The van der Waals surface area contributed by atoms with E-state index in [1.165, 1.54) is 0 Å². The Labute approximate surface area is 106 Å². The Morgan fingerprint density at radius 3 is 2.06 bits per heavy atom. The molecule has 2 aromatic carbocycles. The molecule has 3 nitrogen and oxygen atoms in total. The van der Waals surface area contributed by atoms with Gasteiger partial charge in [0.15, 0.2) is 0 Å². The minimum atomic E-state index is 0.594. The Morgan fingerprint density at radius 1 is 0.889 bits per heavy atom. The quantitative estimate of drug-likeness (QED) is 0.591. The zero-order valence-corrected chi connectivity index (χ0v) is 10.1. The van der Waals surface area contributed by atoms with Crippen LogP contribution in [0.2, 0.25) is 0 Å². The lowest BCUT2D eigenvalue weighted by Gasteiger charge is -2.01. The van der Waals surface area contributed by atoms with Gasteiger partial charge in [-0.1, -0.05) is 17.9 Å². The van der Waals surface area contributed by atoms with Gasteiger partial charge in [0.25, 0.3) is 0 Å². The first kappa shape index (κ1) is 11.9. The normalized spacial score (nSPS) is 9.39. The van der Waals surface area contributed by atoms with Crippen LogP contribution in [0.1, 0.15) is 11.1 Å². The number of nitrogen functional groups attached to an aromatic ring is 2. The van der Waals surface area contributed by atoms with Crippen molar-refractivity contribution in [1.82, 2.24) is 0 Å². The molecule has 0 unspecified atom stereocenters. The van der Waals surface area contributed by atoms with Crippen molar-refractivity contribution in [1.29, 1.82) is 0 Å². The molecule has 90 valence electrons. The number of benzene rings is 2. The van der Waals surface area contributed by atoms with Gasteiger partial charge in [0.05, 0.1) is 12.7 Å². The SMILES string of the molecule is COc1ccc(C#Cc2c(N)cccc2N)cc1. The maximum atomic E-state index is 5.83. The fourth-order valence-corrected chi connectivity index (χ4v) is 1.54. The summed E-state index contributed by atoms with van der Waals surface area (Å²) in [5.74, 6) is 6.83. The van der Waals surface area contributed by atoms with E-state index in [9.17, 15) is 0 Å². The summed E-state index contributed by atoms with van der Waals surface area (Å²) in [5.41, 5.74) is 14.4. The van der Waals surface area contributed by atoms with E-state index in [0.29, 0.717) is 16.9 Å². The molecule has 0 aliphatic rings. The van der Waals surface area contributed by atoms with Gasteiger partial charge in [-0.3, -0.25) is 0 Å². The van der Waals surface area contributed by atoms with Crippen LogP contribution in [0, 0.1) is 11.8 Å². The fraction of sp³-hybridized carbons (Fsp3) is 0.0667. The Morgan fingerprint density at radius 2 is 1.50 bits per heavy atom. The van der Waals surface area contributed by atoms with E-state index >= 15 is 0 Å². The highest BCUT2D eigenvalue weighted by molar-refractivity contribution is 5.69. The van der Waals surface area contributed by atoms with Crippen LogP contribution < -0.4 is 16.2 Å². The molecule has 18 heavy (non-hydrogen) atoms. The highest BCUT2D eigenvalue weighted by atomic mass is 16.5. The van der Waals surface area contributed by atoms with Crippen molar-refractivity contribution in [3.05, 3.63) is 53.6 Å². The number of hydrogen-bond acceptors (Lipinski definition) is 3. The predicted molar refractivity (Wildman–Crippen MR) is 74.2 cm³/mol. The summed E-state index contributed by atoms with van der Waals surface area (Å²) < 4.78 is 5.08. The maximum absolute atomic E-state index is 5.83. The number of rotatable bonds is 1. The van der Waals surface area contributed by atoms with Crippen molar-refractivity contribution >= 4 is 11.4 Å². The van der Waals surface area contributed by atoms with Gasteiger partial charge in [-0.05, 0) is 36.4 Å². The highest BCUT2D eigenvalue weighted by Gasteiger charge is 1.98. The Kier molecular flexibility index (Phi) is 3.40. The molecule has 0 atom stereocenters. The number of hydrogen-bond donors (Lipinski definition) is 2. The molecule has 0 amide bonds. The number of methoxy groups -OCH3 is 1. The van der Waals surface area contributed by atoms with Gasteiger partial charge in [0, 0.05) is 16.9 Å². The molecular formula is C15H14N2O. The summed E-state index contributed by atoms with van der Waals surface area (Å²) >= 11 is 0. The van der Waals surface area contributed by atoms with Crippen LogP contribution in [0.5, 0.6) is 5.75 Å². The summed E-state index contributed by atoms with van der Waals surface area (Å²) in [4.78, 5) is 0. The lowest BCUT2D eigenvalue weighted by molar-refractivity contribution is 0.415. The van der Waals surface area contributed by atoms with Crippen LogP contribution in [0.3, 0.4) is 0 Å². The Bertz CT molecular complexity index is 586. The van der Waals surface area contributed by atoms with Gasteiger partial charge in [-0.2, -0.15) is 0 Å². The first-order valence-electron chi connectivity index (χ1n) is 5.51.